The first-order valence-electron chi connectivity index (χ1n) is 9.93. The number of hydrogen-bond donors (Lipinski definition) is 2. The molecule has 1 amide bonds. The SMILES string of the molecule is CC(Nc1cccc(N2CCOCC2)c1)C(=O)Nc1ccc(C(C)(C)C)cc1. The number of nitrogens with zero attached hydrogens (tertiary/aromatic N) is 1. The number of amides is 1. The number of hydrogen-bond acceptors (Lipinski definition) is 4. The lowest BCUT2D eigenvalue weighted by molar-refractivity contribution is -0.116. The summed E-state index contributed by atoms with van der Waals surface area (Å²) < 4.78 is 5.42. The summed E-state index contributed by atoms with van der Waals surface area (Å²) in [4.78, 5) is 14.9. The van der Waals surface area contributed by atoms with Crippen LogP contribution in [-0.2, 0) is 14.9 Å². The van der Waals surface area contributed by atoms with Crippen LogP contribution in [0.25, 0.3) is 0 Å². The molecular formula is C23H31N3O2. The highest BCUT2D eigenvalue weighted by Crippen LogP contribution is 2.24. The molecule has 2 aromatic rings. The molecule has 5 nitrogen and oxygen atoms in total. The molecule has 3 rings (SSSR count). The van der Waals surface area contributed by atoms with E-state index in [1.807, 2.05) is 31.2 Å². The quantitative estimate of drug-likeness (QED) is 0.813. The molecule has 2 N–H and O–H groups in total. The molecule has 0 spiro atoms. The molecule has 1 fully saturated rings. The van der Waals surface area contributed by atoms with Crippen LogP contribution in [0.15, 0.2) is 48.5 Å². The van der Waals surface area contributed by atoms with Crippen molar-refractivity contribution in [1.29, 1.82) is 0 Å². The molecule has 1 atom stereocenters. The van der Waals surface area contributed by atoms with Crippen LogP contribution in [0.3, 0.4) is 0 Å². The van der Waals surface area contributed by atoms with Crippen molar-refractivity contribution >= 4 is 23.0 Å². The van der Waals surface area contributed by atoms with Crippen LogP contribution in [0, 0.1) is 0 Å². The zero-order valence-electron chi connectivity index (χ0n) is 17.3. The third-order valence-corrected chi connectivity index (χ3v) is 5.02. The first-order valence-corrected chi connectivity index (χ1v) is 9.93. The summed E-state index contributed by atoms with van der Waals surface area (Å²) in [7, 11) is 0. The molecule has 1 aliphatic heterocycles. The summed E-state index contributed by atoms with van der Waals surface area (Å²) in [5.74, 6) is -0.0553. The number of morpholine rings is 1. The van der Waals surface area contributed by atoms with Gasteiger partial charge in [-0.25, -0.2) is 0 Å². The van der Waals surface area contributed by atoms with Gasteiger partial charge in [0.05, 0.1) is 13.2 Å². The van der Waals surface area contributed by atoms with E-state index in [-0.39, 0.29) is 17.4 Å². The maximum atomic E-state index is 12.6. The standard InChI is InChI=1S/C23H31N3O2/c1-17(22(27)25-19-10-8-18(9-11-19)23(2,3)4)24-20-6-5-7-21(16-20)26-12-14-28-15-13-26/h5-11,16-17,24H,12-15H2,1-4H3,(H,25,27). The van der Waals surface area contributed by atoms with Crippen molar-refractivity contribution in [2.24, 2.45) is 0 Å². The summed E-state index contributed by atoms with van der Waals surface area (Å²) in [6.07, 6.45) is 0. The number of benzene rings is 2. The predicted octanol–water partition coefficient (Wildman–Crippen LogP) is 4.26. The first-order chi connectivity index (χ1) is 13.3. The third kappa shape index (κ3) is 5.26. The van der Waals surface area contributed by atoms with Gasteiger partial charge in [0.2, 0.25) is 5.91 Å². The van der Waals surface area contributed by atoms with Gasteiger partial charge < -0.3 is 20.3 Å². The molecule has 0 aliphatic carbocycles. The van der Waals surface area contributed by atoms with Gasteiger partial charge in [0, 0.05) is 30.2 Å². The predicted molar refractivity (Wildman–Crippen MR) is 116 cm³/mol. The van der Waals surface area contributed by atoms with E-state index in [2.05, 4.69) is 60.6 Å². The van der Waals surface area contributed by atoms with E-state index in [0.717, 1.165) is 43.4 Å². The highest BCUT2D eigenvalue weighted by atomic mass is 16.5. The Morgan fingerprint density at radius 3 is 2.36 bits per heavy atom. The van der Waals surface area contributed by atoms with Crippen LogP contribution in [0.1, 0.15) is 33.3 Å². The van der Waals surface area contributed by atoms with Gasteiger partial charge >= 0.3 is 0 Å². The number of carbonyl (C=O) groups is 1. The molecular weight excluding hydrogens is 350 g/mol. The summed E-state index contributed by atoms with van der Waals surface area (Å²) in [5.41, 5.74) is 4.25. The Morgan fingerprint density at radius 2 is 1.71 bits per heavy atom. The van der Waals surface area contributed by atoms with Gasteiger partial charge in [-0.1, -0.05) is 39.0 Å². The van der Waals surface area contributed by atoms with Crippen LogP contribution in [0.4, 0.5) is 17.1 Å². The van der Waals surface area contributed by atoms with E-state index in [1.54, 1.807) is 0 Å². The lowest BCUT2D eigenvalue weighted by Gasteiger charge is -2.29. The lowest BCUT2D eigenvalue weighted by Crippen LogP contribution is -2.36. The molecule has 1 heterocycles. The van der Waals surface area contributed by atoms with Gasteiger partial charge in [-0.2, -0.15) is 0 Å². The smallest absolute Gasteiger partial charge is 0.246 e. The Kier molecular flexibility index (Phi) is 6.25. The Balaban J connectivity index is 1.59. The molecule has 28 heavy (non-hydrogen) atoms. The van der Waals surface area contributed by atoms with Crippen LogP contribution in [0.5, 0.6) is 0 Å². The Hall–Kier alpha value is -2.53. The maximum absolute atomic E-state index is 12.6. The van der Waals surface area contributed by atoms with E-state index in [9.17, 15) is 4.79 Å². The molecule has 2 aromatic carbocycles. The van der Waals surface area contributed by atoms with Crippen LogP contribution < -0.4 is 15.5 Å². The molecule has 1 saturated heterocycles. The number of carbonyl (C=O) groups excluding carboxylic acids is 1. The van der Waals surface area contributed by atoms with Crippen molar-refractivity contribution in [3.05, 3.63) is 54.1 Å². The highest BCUT2D eigenvalue weighted by Gasteiger charge is 2.16. The van der Waals surface area contributed by atoms with Crippen molar-refractivity contribution in [2.45, 2.75) is 39.2 Å². The van der Waals surface area contributed by atoms with Gasteiger partial charge in [0.15, 0.2) is 0 Å². The van der Waals surface area contributed by atoms with Gasteiger partial charge in [-0.05, 0) is 48.2 Å². The fourth-order valence-electron chi connectivity index (χ4n) is 3.23. The van der Waals surface area contributed by atoms with Gasteiger partial charge in [-0.3, -0.25) is 4.79 Å². The topological polar surface area (TPSA) is 53.6 Å². The van der Waals surface area contributed by atoms with Gasteiger partial charge in [0.25, 0.3) is 0 Å². The van der Waals surface area contributed by atoms with E-state index >= 15 is 0 Å². The summed E-state index contributed by atoms with van der Waals surface area (Å²) in [6.45, 7) is 11.7. The normalized spacial score (nSPS) is 15.8. The number of rotatable bonds is 5. The van der Waals surface area contributed by atoms with Crippen molar-refractivity contribution < 1.29 is 9.53 Å². The minimum atomic E-state index is -0.345. The minimum Gasteiger partial charge on any atom is -0.378 e. The molecule has 0 aromatic heterocycles. The fraction of sp³-hybridized carbons (Fsp3) is 0.435. The van der Waals surface area contributed by atoms with Crippen molar-refractivity contribution in [1.82, 2.24) is 0 Å². The summed E-state index contributed by atoms with van der Waals surface area (Å²) in [5, 5.41) is 6.30. The largest absolute Gasteiger partial charge is 0.378 e. The zero-order chi connectivity index (χ0) is 20.1. The molecule has 0 radical (unpaired) electrons. The maximum Gasteiger partial charge on any atom is 0.246 e. The molecule has 5 heteroatoms. The molecule has 0 bridgehead atoms. The lowest BCUT2D eigenvalue weighted by atomic mass is 9.87. The van der Waals surface area contributed by atoms with Crippen molar-refractivity contribution in [3.63, 3.8) is 0 Å². The summed E-state index contributed by atoms with van der Waals surface area (Å²) >= 11 is 0. The van der Waals surface area contributed by atoms with Crippen molar-refractivity contribution in [2.75, 3.05) is 41.8 Å². The Labute approximate surface area is 168 Å². The minimum absolute atomic E-state index is 0.0553. The molecule has 150 valence electrons. The van der Waals surface area contributed by atoms with E-state index in [1.165, 1.54) is 5.56 Å². The van der Waals surface area contributed by atoms with Crippen LogP contribution in [0.2, 0.25) is 0 Å². The second kappa shape index (κ2) is 8.65. The first kappa shape index (κ1) is 20.2. The molecule has 1 aliphatic rings. The Morgan fingerprint density at radius 1 is 1.04 bits per heavy atom. The monoisotopic (exact) mass is 381 g/mol. The van der Waals surface area contributed by atoms with Crippen LogP contribution in [-0.4, -0.2) is 38.3 Å². The number of nitrogens with one attached hydrogen (secondary N) is 2. The van der Waals surface area contributed by atoms with Crippen LogP contribution >= 0.6 is 0 Å². The van der Waals surface area contributed by atoms with Gasteiger partial charge in [-0.15, -0.1) is 0 Å². The Bertz CT molecular complexity index is 790. The average molecular weight is 382 g/mol. The third-order valence-electron chi connectivity index (χ3n) is 5.02. The van der Waals surface area contributed by atoms with E-state index < -0.39 is 0 Å². The highest BCUT2D eigenvalue weighted by molar-refractivity contribution is 5.96. The second-order valence-corrected chi connectivity index (χ2v) is 8.33. The fourth-order valence-corrected chi connectivity index (χ4v) is 3.23. The van der Waals surface area contributed by atoms with E-state index in [4.69, 9.17) is 4.74 Å². The zero-order valence-corrected chi connectivity index (χ0v) is 17.3. The van der Waals surface area contributed by atoms with Gasteiger partial charge in [0.1, 0.15) is 6.04 Å². The van der Waals surface area contributed by atoms with Crippen molar-refractivity contribution in [3.8, 4) is 0 Å². The molecule has 0 saturated carbocycles. The van der Waals surface area contributed by atoms with E-state index in [0.29, 0.717) is 0 Å². The summed E-state index contributed by atoms with van der Waals surface area (Å²) in [6, 6.07) is 15.9. The average Bonchev–Trinajstić information content (AvgIpc) is 2.68. The second-order valence-electron chi connectivity index (χ2n) is 8.33. The molecule has 1 unspecified atom stereocenters. The number of ether oxygens (including phenoxy) is 1. The number of anilines is 3.